The van der Waals surface area contributed by atoms with E-state index in [1.807, 2.05) is 0 Å². The number of carbonyl (C=O) groups is 1. The Kier molecular flexibility index (Phi) is 3.50. The third-order valence-electron chi connectivity index (χ3n) is 1.53. The zero-order valence-electron chi connectivity index (χ0n) is 7.27. The molecular formula is C8H6BrN3O2. The van der Waals surface area contributed by atoms with E-state index in [0.29, 0.717) is 15.8 Å². The zero-order chi connectivity index (χ0) is 10.6. The molecule has 0 atom stereocenters. The van der Waals surface area contributed by atoms with E-state index in [1.165, 1.54) is 19.2 Å². The quantitative estimate of drug-likeness (QED) is 0.463. The first-order valence-corrected chi connectivity index (χ1v) is 4.41. The predicted octanol–water partition coefficient (Wildman–Crippen LogP) is 2.91. The van der Waals surface area contributed by atoms with Crippen molar-refractivity contribution in [3.8, 4) is 5.75 Å². The summed E-state index contributed by atoms with van der Waals surface area (Å²) in [7, 11) is 1.52. The summed E-state index contributed by atoms with van der Waals surface area (Å²) in [5, 5.41) is 2.97. The number of hydrogen-bond acceptors (Lipinski definition) is 2. The van der Waals surface area contributed by atoms with Crippen LogP contribution in [0.25, 0.3) is 10.4 Å². The summed E-state index contributed by atoms with van der Waals surface area (Å²) in [5.41, 5.74) is 8.38. The Bertz CT molecular complexity index is 413. The minimum atomic E-state index is -0.615. The van der Waals surface area contributed by atoms with Gasteiger partial charge in [0.25, 0.3) is 0 Å². The summed E-state index contributed by atoms with van der Waals surface area (Å²) in [5.74, 6) is -0.00154. The summed E-state index contributed by atoms with van der Waals surface area (Å²) < 4.78 is 5.62. The SMILES string of the molecule is COc1ccc(C(=O)N=[N+]=[N-])cc1Br. The highest BCUT2D eigenvalue weighted by Crippen LogP contribution is 2.25. The lowest BCUT2D eigenvalue weighted by molar-refractivity contribution is 0.100. The predicted molar refractivity (Wildman–Crippen MR) is 54.2 cm³/mol. The Morgan fingerprint density at radius 3 is 2.86 bits per heavy atom. The van der Waals surface area contributed by atoms with Gasteiger partial charge < -0.3 is 4.74 Å². The highest BCUT2D eigenvalue weighted by Gasteiger charge is 2.06. The van der Waals surface area contributed by atoms with Crippen LogP contribution in [0.3, 0.4) is 0 Å². The number of hydrogen-bond donors (Lipinski definition) is 0. The molecule has 0 N–H and O–H groups in total. The molecule has 0 aliphatic heterocycles. The molecule has 0 aromatic heterocycles. The van der Waals surface area contributed by atoms with Gasteiger partial charge in [-0.2, -0.15) is 0 Å². The topological polar surface area (TPSA) is 75.1 Å². The summed E-state index contributed by atoms with van der Waals surface area (Å²) >= 11 is 3.21. The van der Waals surface area contributed by atoms with Crippen molar-refractivity contribution in [2.24, 2.45) is 5.11 Å². The molecule has 5 nitrogen and oxygen atoms in total. The van der Waals surface area contributed by atoms with Gasteiger partial charge in [0.15, 0.2) is 0 Å². The molecule has 1 amide bonds. The number of amides is 1. The lowest BCUT2D eigenvalue weighted by atomic mass is 10.2. The summed E-state index contributed by atoms with van der Waals surface area (Å²) in [4.78, 5) is 13.5. The smallest absolute Gasteiger partial charge is 0.249 e. The molecule has 0 radical (unpaired) electrons. The molecule has 1 rings (SSSR count). The average molecular weight is 256 g/mol. The first-order valence-electron chi connectivity index (χ1n) is 3.62. The van der Waals surface area contributed by atoms with Gasteiger partial charge in [-0.15, -0.1) is 0 Å². The molecule has 14 heavy (non-hydrogen) atoms. The number of benzene rings is 1. The van der Waals surface area contributed by atoms with Crippen LogP contribution in [0.4, 0.5) is 0 Å². The second-order valence-electron chi connectivity index (χ2n) is 2.34. The number of rotatable bonds is 2. The standard InChI is InChI=1S/C8H6BrN3O2/c1-14-7-3-2-5(4-6(7)9)8(13)11-12-10/h2-4H,1H3. The van der Waals surface area contributed by atoms with E-state index >= 15 is 0 Å². The fourth-order valence-corrected chi connectivity index (χ4v) is 1.44. The Hall–Kier alpha value is -1.52. The van der Waals surface area contributed by atoms with Crippen molar-refractivity contribution in [3.05, 3.63) is 38.7 Å². The van der Waals surface area contributed by atoms with Crippen LogP contribution >= 0.6 is 15.9 Å². The maximum atomic E-state index is 11.1. The van der Waals surface area contributed by atoms with Crippen LogP contribution in [0.5, 0.6) is 5.75 Å². The molecule has 0 aliphatic rings. The van der Waals surface area contributed by atoms with E-state index in [-0.39, 0.29) is 0 Å². The van der Waals surface area contributed by atoms with Gasteiger partial charge in [-0.25, -0.2) is 0 Å². The van der Waals surface area contributed by atoms with Gasteiger partial charge >= 0.3 is 0 Å². The van der Waals surface area contributed by atoms with E-state index < -0.39 is 5.91 Å². The van der Waals surface area contributed by atoms with Gasteiger partial charge in [-0.05, 0) is 44.8 Å². The third-order valence-corrected chi connectivity index (χ3v) is 2.15. The fourth-order valence-electron chi connectivity index (χ4n) is 0.898. The van der Waals surface area contributed by atoms with Gasteiger partial charge in [-0.3, -0.25) is 4.79 Å². The maximum absolute atomic E-state index is 11.1. The molecule has 0 heterocycles. The molecule has 1 aromatic carbocycles. The molecule has 0 fully saturated rings. The number of azide groups is 1. The zero-order valence-corrected chi connectivity index (χ0v) is 8.85. The fraction of sp³-hybridized carbons (Fsp3) is 0.125. The van der Waals surface area contributed by atoms with E-state index in [2.05, 4.69) is 26.0 Å². The number of halogens is 1. The summed E-state index contributed by atoms with van der Waals surface area (Å²) in [6, 6.07) is 4.68. The van der Waals surface area contributed by atoms with Crippen LogP contribution in [-0.2, 0) is 0 Å². The second-order valence-corrected chi connectivity index (χ2v) is 3.20. The van der Waals surface area contributed by atoms with E-state index in [4.69, 9.17) is 10.3 Å². The van der Waals surface area contributed by atoms with Crippen molar-refractivity contribution >= 4 is 21.8 Å². The van der Waals surface area contributed by atoms with Crippen molar-refractivity contribution < 1.29 is 9.53 Å². The highest BCUT2D eigenvalue weighted by atomic mass is 79.9. The molecule has 0 saturated carbocycles. The Morgan fingerprint density at radius 2 is 2.36 bits per heavy atom. The van der Waals surface area contributed by atoms with Crippen LogP contribution in [0.2, 0.25) is 0 Å². The molecule has 1 aromatic rings. The highest BCUT2D eigenvalue weighted by molar-refractivity contribution is 9.10. The Labute approximate surface area is 88.4 Å². The van der Waals surface area contributed by atoms with Gasteiger partial charge in [0.2, 0.25) is 5.91 Å². The van der Waals surface area contributed by atoms with E-state index in [9.17, 15) is 4.79 Å². The Balaban J connectivity index is 3.08. The molecule has 0 saturated heterocycles. The number of carbonyl (C=O) groups excluding carboxylic acids is 1. The molecule has 0 unspecified atom stereocenters. The van der Waals surface area contributed by atoms with Crippen LogP contribution < -0.4 is 4.74 Å². The number of ether oxygens (including phenoxy) is 1. The molecular weight excluding hydrogens is 250 g/mol. The maximum Gasteiger partial charge on any atom is 0.249 e. The first kappa shape index (κ1) is 10.6. The third kappa shape index (κ3) is 2.25. The van der Waals surface area contributed by atoms with Gasteiger partial charge in [0.05, 0.1) is 11.6 Å². The largest absolute Gasteiger partial charge is 0.496 e. The molecule has 0 spiro atoms. The van der Waals surface area contributed by atoms with E-state index in [1.54, 1.807) is 6.07 Å². The number of methoxy groups -OCH3 is 1. The van der Waals surface area contributed by atoms with Crippen molar-refractivity contribution in [1.82, 2.24) is 0 Å². The number of nitrogens with zero attached hydrogens (tertiary/aromatic N) is 3. The lowest BCUT2D eigenvalue weighted by Crippen LogP contribution is -1.94. The van der Waals surface area contributed by atoms with Crippen molar-refractivity contribution in [2.45, 2.75) is 0 Å². The first-order chi connectivity index (χ1) is 6.69. The minimum absolute atomic E-state index is 0.315. The van der Waals surface area contributed by atoms with Crippen LogP contribution in [0, 0.1) is 0 Å². The molecule has 0 bridgehead atoms. The van der Waals surface area contributed by atoms with Gasteiger partial charge in [-0.1, -0.05) is 0 Å². The van der Waals surface area contributed by atoms with E-state index in [0.717, 1.165) is 0 Å². The van der Waals surface area contributed by atoms with Crippen molar-refractivity contribution in [2.75, 3.05) is 7.11 Å². The Morgan fingerprint density at radius 1 is 1.64 bits per heavy atom. The lowest BCUT2D eigenvalue weighted by Gasteiger charge is -2.03. The summed E-state index contributed by atoms with van der Waals surface area (Å²) in [6.07, 6.45) is 0. The molecule has 6 heteroatoms. The minimum Gasteiger partial charge on any atom is -0.496 e. The molecule has 72 valence electrons. The van der Waals surface area contributed by atoms with Crippen LogP contribution in [0.15, 0.2) is 27.8 Å². The monoisotopic (exact) mass is 255 g/mol. The summed E-state index contributed by atoms with van der Waals surface area (Å²) in [6.45, 7) is 0. The average Bonchev–Trinajstić information content (AvgIpc) is 2.18. The van der Waals surface area contributed by atoms with Crippen molar-refractivity contribution in [3.63, 3.8) is 0 Å². The van der Waals surface area contributed by atoms with Crippen LogP contribution in [0.1, 0.15) is 10.4 Å². The van der Waals surface area contributed by atoms with Gasteiger partial charge in [0.1, 0.15) is 5.75 Å². The van der Waals surface area contributed by atoms with Crippen LogP contribution in [-0.4, -0.2) is 13.0 Å². The normalized spacial score (nSPS) is 9.00. The van der Waals surface area contributed by atoms with Gasteiger partial charge in [0, 0.05) is 10.5 Å². The van der Waals surface area contributed by atoms with Crippen molar-refractivity contribution in [1.29, 1.82) is 0 Å². The second kappa shape index (κ2) is 4.64. The molecule has 0 aliphatic carbocycles.